The molecule has 4 rings (SSSR count). The summed E-state index contributed by atoms with van der Waals surface area (Å²) in [5, 5.41) is 14.8. The van der Waals surface area contributed by atoms with Crippen molar-refractivity contribution >= 4 is 18.0 Å². The SMILES string of the molecule is CC(C)C[C@@H](NC(=O)CC1(NC(=O)OCC2c3ccccc3-c3ccccc32)CC1)C(=O)O. The molecule has 0 unspecified atom stereocenters. The average molecular weight is 451 g/mol. The van der Waals surface area contributed by atoms with E-state index in [0.29, 0.717) is 19.3 Å². The number of carbonyl (C=O) groups is 3. The number of carboxylic acids is 1. The molecule has 2 amide bonds. The van der Waals surface area contributed by atoms with E-state index >= 15 is 0 Å². The fraction of sp³-hybridized carbons (Fsp3) is 0.423. The van der Waals surface area contributed by atoms with Crippen LogP contribution in [0.5, 0.6) is 0 Å². The van der Waals surface area contributed by atoms with E-state index in [1.807, 2.05) is 38.1 Å². The molecule has 7 heteroatoms. The highest BCUT2D eigenvalue weighted by Crippen LogP contribution is 2.44. The second-order valence-corrected chi connectivity index (χ2v) is 9.50. The highest BCUT2D eigenvalue weighted by Gasteiger charge is 2.46. The second-order valence-electron chi connectivity index (χ2n) is 9.50. The molecule has 2 aromatic carbocycles. The topological polar surface area (TPSA) is 105 Å². The number of carbonyl (C=O) groups excluding carboxylic acids is 2. The number of carboxylic acid groups (broad SMARTS) is 1. The molecule has 33 heavy (non-hydrogen) atoms. The van der Waals surface area contributed by atoms with Crippen molar-refractivity contribution in [3.8, 4) is 11.1 Å². The number of hydrogen-bond acceptors (Lipinski definition) is 4. The van der Waals surface area contributed by atoms with Crippen molar-refractivity contribution < 1.29 is 24.2 Å². The molecule has 2 aliphatic carbocycles. The molecule has 0 heterocycles. The largest absolute Gasteiger partial charge is 0.480 e. The van der Waals surface area contributed by atoms with Crippen molar-refractivity contribution in [3.05, 3.63) is 59.7 Å². The van der Waals surface area contributed by atoms with Crippen LogP contribution in [0.3, 0.4) is 0 Å². The van der Waals surface area contributed by atoms with Crippen molar-refractivity contribution in [1.82, 2.24) is 10.6 Å². The molecule has 1 atom stereocenters. The third-order valence-corrected chi connectivity index (χ3v) is 6.40. The third kappa shape index (κ3) is 5.18. The number of ether oxygens (including phenoxy) is 1. The van der Waals surface area contributed by atoms with E-state index in [0.717, 1.165) is 22.3 Å². The maximum absolute atomic E-state index is 12.6. The standard InChI is InChI=1S/C26H30N2O5/c1-16(2)13-22(24(30)31)27-23(29)14-26(11-12-26)28-25(32)33-15-21-19-9-5-3-7-17(19)18-8-4-6-10-20(18)21/h3-10,16,21-22H,11-15H2,1-2H3,(H,27,29)(H,28,32)(H,30,31)/t22-/m1/s1. The molecule has 0 aromatic heterocycles. The first-order chi connectivity index (χ1) is 15.8. The van der Waals surface area contributed by atoms with E-state index in [9.17, 15) is 19.5 Å². The molecule has 2 aliphatic rings. The maximum atomic E-state index is 12.6. The average Bonchev–Trinajstić information content (AvgIpc) is 3.43. The van der Waals surface area contributed by atoms with Crippen LogP contribution < -0.4 is 10.6 Å². The Balaban J connectivity index is 1.33. The van der Waals surface area contributed by atoms with E-state index in [2.05, 4.69) is 34.9 Å². The van der Waals surface area contributed by atoms with Crippen LogP contribution in [0.2, 0.25) is 0 Å². The highest BCUT2D eigenvalue weighted by atomic mass is 16.5. The van der Waals surface area contributed by atoms with Gasteiger partial charge in [0.25, 0.3) is 0 Å². The van der Waals surface area contributed by atoms with E-state index in [1.165, 1.54) is 0 Å². The van der Waals surface area contributed by atoms with Gasteiger partial charge in [-0.05, 0) is 47.4 Å². The van der Waals surface area contributed by atoms with E-state index in [4.69, 9.17) is 4.74 Å². The van der Waals surface area contributed by atoms with Crippen LogP contribution in [-0.2, 0) is 14.3 Å². The number of fused-ring (bicyclic) bond motifs is 3. The summed E-state index contributed by atoms with van der Waals surface area (Å²) < 4.78 is 5.59. The molecule has 1 fully saturated rings. The zero-order valence-electron chi connectivity index (χ0n) is 19.0. The first-order valence-electron chi connectivity index (χ1n) is 11.4. The van der Waals surface area contributed by atoms with Crippen molar-refractivity contribution in [2.45, 2.75) is 57.0 Å². The highest BCUT2D eigenvalue weighted by molar-refractivity contribution is 5.85. The van der Waals surface area contributed by atoms with Crippen LogP contribution in [0.4, 0.5) is 4.79 Å². The molecular formula is C26H30N2O5. The van der Waals surface area contributed by atoms with Crippen LogP contribution in [0.15, 0.2) is 48.5 Å². The third-order valence-electron chi connectivity index (χ3n) is 6.40. The molecule has 7 nitrogen and oxygen atoms in total. The fourth-order valence-corrected chi connectivity index (χ4v) is 4.59. The van der Waals surface area contributed by atoms with Crippen molar-refractivity contribution in [2.24, 2.45) is 5.92 Å². The minimum absolute atomic E-state index is 0.0334. The zero-order chi connectivity index (χ0) is 23.6. The number of alkyl carbamates (subject to hydrolysis) is 1. The molecule has 0 bridgehead atoms. The summed E-state index contributed by atoms with van der Waals surface area (Å²) >= 11 is 0. The predicted molar refractivity (Wildman–Crippen MR) is 124 cm³/mol. The van der Waals surface area contributed by atoms with Crippen LogP contribution in [0.1, 0.15) is 56.6 Å². The summed E-state index contributed by atoms with van der Waals surface area (Å²) in [5.41, 5.74) is 3.93. The number of benzene rings is 2. The van der Waals surface area contributed by atoms with Crippen molar-refractivity contribution in [3.63, 3.8) is 0 Å². The summed E-state index contributed by atoms with van der Waals surface area (Å²) in [6.07, 6.45) is 1.16. The Morgan fingerprint density at radius 2 is 1.61 bits per heavy atom. The second kappa shape index (κ2) is 9.25. The van der Waals surface area contributed by atoms with Gasteiger partial charge in [-0.2, -0.15) is 0 Å². The van der Waals surface area contributed by atoms with Crippen LogP contribution in [-0.4, -0.2) is 41.3 Å². The molecule has 2 aromatic rings. The molecule has 0 radical (unpaired) electrons. The van der Waals surface area contributed by atoms with Crippen LogP contribution in [0.25, 0.3) is 11.1 Å². The van der Waals surface area contributed by atoms with Gasteiger partial charge in [0.05, 0.1) is 5.54 Å². The molecule has 0 saturated heterocycles. The van der Waals surface area contributed by atoms with E-state index in [-0.39, 0.29) is 30.8 Å². The summed E-state index contributed by atoms with van der Waals surface area (Å²) in [7, 11) is 0. The molecule has 0 spiro atoms. The van der Waals surface area contributed by atoms with E-state index < -0.39 is 23.6 Å². The lowest BCUT2D eigenvalue weighted by Gasteiger charge is -2.21. The summed E-state index contributed by atoms with van der Waals surface area (Å²) in [6.45, 7) is 4.02. The normalized spacial score (nSPS) is 16.5. The number of aliphatic carboxylic acids is 1. The van der Waals surface area contributed by atoms with Gasteiger partial charge in [0.2, 0.25) is 5.91 Å². The van der Waals surface area contributed by atoms with Gasteiger partial charge in [0, 0.05) is 12.3 Å². The Bertz CT molecular complexity index is 1010. The molecule has 174 valence electrons. The Morgan fingerprint density at radius 1 is 1.03 bits per heavy atom. The fourth-order valence-electron chi connectivity index (χ4n) is 4.59. The zero-order valence-corrected chi connectivity index (χ0v) is 19.0. The van der Waals surface area contributed by atoms with Gasteiger partial charge in [-0.15, -0.1) is 0 Å². The molecule has 3 N–H and O–H groups in total. The van der Waals surface area contributed by atoms with Gasteiger partial charge in [0.1, 0.15) is 12.6 Å². The Hall–Kier alpha value is -3.35. The summed E-state index contributed by atoms with van der Waals surface area (Å²) in [4.78, 5) is 36.4. The van der Waals surface area contributed by atoms with Gasteiger partial charge in [-0.3, -0.25) is 4.79 Å². The Morgan fingerprint density at radius 3 is 2.12 bits per heavy atom. The lowest BCUT2D eigenvalue weighted by molar-refractivity contribution is -0.142. The number of amides is 2. The smallest absolute Gasteiger partial charge is 0.407 e. The van der Waals surface area contributed by atoms with Gasteiger partial charge in [-0.1, -0.05) is 62.4 Å². The lowest BCUT2D eigenvalue weighted by atomic mass is 9.98. The van der Waals surface area contributed by atoms with Crippen LogP contribution in [0, 0.1) is 5.92 Å². The first kappa shape index (κ1) is 22.8. The summed E-state index contributed by atoms with van der Waals surface area (Å²) in [6, 6.07) is 15.3. The van der Waals surface area contributed by atoms with Gasteiger partial charge in [0.15, 0.2) is 0 Å². The maximum Gasteiger partial charge on any atom is 0.407 e. The Labute approximate surface area is 193 Å². The number of rotatable bonds is 9. The van der Waals surface area contributed by atoms with Gasteiger partial charge < -0.3 is 20.5 Å². The molecule has 1 saturated carbocycles. The minimum atomic E-state index is -1.05. The molecular weight excluding hydrogens is 420 g/mol. The van der Waals surface area contributed by atoms with Gasteiger partial charge in [-0.25, -0.2) is 9.59 Å². The van der Waals surface area contributed by atoms with Crippen LogP contribution >= 0.6 is 0 Å². The minimum Gasteiger partial charge on any atom is -0.480 e. The number of hydrogen-bond donors (Lipinski definition) is 3. The van der Waals surface area contributed by atoms with Crippen molar-refractivity contribution in [1.29, 1.82) is 0 Å². The van der Waals surface area contributed by atoms with E-state index in [1.54, 1.807) is 0 Å². The quantitative estimate of drug-likeness (QED) is 0.534. The monoisotopic (exact) mass is 450 g/mol. The number of nitrogens with one attached hydrogen (secondary N) is 2. The van der Waals surface area contributed by atoms with Gasteiger partial charge >= 0.3 is 12.1 Å². The predicted octanol–water partition coefficient (Wildman–Crippen LogP) is 4.06. The molecule has 0 aliphatic heterocycles. The van der Waals surface area contributed by atoms with Crippen molar-refractivity contribution in [2.75, 3.05) is 6.61 Å². The Kier molecular flexibility index (Phi) is 6.40. The summed E-state index contributed by atoms with van der Waals surface area (Å²) in [5.74, 6) is -1.32. The lowest BCUT2D eigenvalue weighted by Crippen LogP contribution is -2.46. The first-order valence-corrected chi connectivity index (χ1v) is 11.4.